The van der Waals surface area contributed by atoms with Crippen LogP contribution < -0.4 is 10.6 Å². The van der Waals surface area contributed by atoms with Crippen LogP contribution in [0.25, 0.3) is 10.9 Å². The number of benzene rings is 1. The summed E-state index contributed by atoms with van der Waals surface area (Å²) in [6.45, 7) is 4.28. The van der Waals surface area contributed by atoms with E-state index in [1.807, 2.05) is 0 Å². The molecule has 126 valence electrons. The molecule has 1 aromatic heterocycles. The van der Waals surface area contributed by atoms with Crippen LogP contribution in [0.3, 0.4) is 0 Å². The molecule has 1 heterocycles. The van der Waals surface area contributed by atoms with Crippen molar-refractivity contribution in [2.24, 2.45) is 5.92 Å². The number of aryl methyl sites for hydroxylation is 1. The highest BCUT2D eigenvalue weighted by atomic mass is 35.5. The van der Waals surface area contributed by atoms with E-state index in [0.29, 0.717) is 13.1 Å². The number of H-pyrrole nitrogens is 1. The standard InChI is InChI=1S/C18H25N3O.ClH/c1-2-14-4-3-5-16-15(11-21-18(14)16)8-9-20-17(22)12-19-10-13-6-7-13;/h3-5,11,13,19,21H,2,6-10,12H2,1H3,(H,20,22);1H. The first-order valence-electron chi connectivity index (χ1n) is 8.33. The van der Waals surface area contributed by atoms with E-state index in [1.165, 1.54) is 34.9 Å². The third-order valence-electron chi connectivity index (χ3n) is 4.40. The first-order valence-corrected chi connectivity index (χ1v) is 8.33. The zero-order valence-corrected chi connectivity index (χ0v) is 14.5. The summed E-state index contributed by atoms with van der Waals surface area (Å²) in [5.74, 6) is 0.904. The van der Waals surface area contributed by atoms with Gasteiger partial charge in [0.2, 0.25) is 5.91 Å². The molecule has 2 aromatic rings. The smallest absolute Gasteiger partial charge is 0.233 e. The average molecular weight is 336 g/mol. The predicted octanol–water partition coefficient (Wildman–Crippen LogP) is 2.81. The van der Waals surface area contributed by atoms with E-state index >= 15 is 0 Å². The van der Waals surface area contributed by atoms with Gasteiger partial charge in [0.05, 0.1) is 6.54 Å². The first-order chi connectivity index (χ1) is 10.8. The summed E-state index contributed by atoms with van der Waals surface area (Å²) < 4.78 is 0. The maximum Gasteiger partial charge on any atom is 0.233 e. The SMILES string of the molecule is CCc1cccc2c(CCNC(=O)CNCC3CC3)c[nH]c12.Cl. The van der Waals surface area contributed by atoms with E-state index in [2.05, 4.69) is 46.9 Å². The molecule has 1 saturated carbocycles. The Morgan fingerprint density at radius 2 is 2.13 bits per heavy atom. The fourth-order valence-electron chi connectivity index (χ4n) is 2.89. The van der Waals surface area contributed by atoms with Gasteiger partial charge in [0.1, 0.15) is 0 Å². The minimum Gasteiger partial charge on any atom is -0.361 e. The Kier molecular flexibility index (Phi) is 6.48. The number of amides is 1. The number of aromatic nitrogens is 1. The van der Waals surface area contributed by atoms with E-state index in [9.17, 15) is 4.79 Å². The highest BCUT2D eigenvalue weighted by Gasteiger charge is 2.20. The molecular formula is C18H26ClN3O. The molecular weight excluding hydrogens is 310 g/mol. The van der Waals surface area contributed by atoms with Crippen LogP contribution in [-0.4, -0.2) is 30.5 Å². The molecule has 0 saturated heterocycles. The lowest BCUT2D eigenvalue weighted by molar-refractivity contribution is -0.120. The molecule has 23 heavy (non-hydrogen) atoms. The lowest BCUT2D eigenvalue weighted by atomic mass is 10.1. The second-order valence-electron chi connectivity index (χ2n) is 6.18. The van der Waals surface area contributed by atoms with Crippen molar-refractivity contribution in [2.75, 3.05) is 19.6 Å². The van der Waals surface area contributed by atoms with Crippen molar-refractivity contribution < 1.29 is 4.79 Å². The van der Waals surface area contributed by atoms with Gasteiger partial charge >= 0.3 is 0 Å². The van der Waals surface area contributed by atoms with Crippen LogP contribution in [0.5, 0.6) is 0 Å². The molecule has 0 radical (unpaired) electrons. The van der Waals surface area contributed by atoms with Crippen molar-refractivity contribution in [3.8, 4) is 0 Å². The van der Waals surface area contributed by atoms with Gasteiger partial charge in [0, 0.05) is 23.6 Å². The number of fused-ring (bicyclic) bond motifs is 1. The Labute approximate surface area is 143 Å². The lowest BCUT2D eigenvalue weighted by Gasteiger charge is -2.06. The summed E-state index contributed by atoms with van der Waals surface area (Å²) >= 11 is 0. The Hall–Kier alpha value is -1.52. The Morgan fingerprint density at radius 3 is 2.87 bits per heavy atom. The van der Waals surface area contributed by atoms with Gasteiger partial charge in [-0.1, -0.05) is 25.1 Å². The maximum absolute atomic E-state index is 11.8. The predicted molar refractivity (Wildman–Crippen MR) is 97.2 cm³/mol. The summed E-state index contributed by atoms with van der Waals surface area (Å²) in [7, 11) is 0. The number of nitrogens with one attached hydrogen (secondary N) is 3. The summed E-state index contributed by atoms with van der Waals surface area (Å²) in [6, 6.07) is 6.42. The van der Waals surface area contributed by atoms with Crippen LogP contribution in [0, 0.1) is 5.92 Å². The molecule has 1 aliphatic carbocycles. The summed E-state index contributed by atoms with van der Waals surface area (Å²) in [6.07, 6.45) is 6.59. The maximum atomic E-state index is 11.8. The Balaban J connectivity index is 0.00000192. The van der Waals surface area contributed by atoms with E-state index < -0.39 is 0 Å². The van der Waals surface area contributed by atoms with Crippen LogP contribution in [0.15, 0.2) is 24.4 Å². The van der Waals surface area contributed by atoms with Crippen LogP contribution in [0.4, 0.5) is 0 Å². The fourth-order valence-corrected chi connectivity index (χ4v) is 2.89. The Morgan fingerprint density at radius 1 is 1.30 bits per heavy atom. The molecule has 1 aliphatic rings. The molecule has 0 bridgehead atoms. The van der Waals surface area contributed by atoms with Crippen molar-refractivity contribution in [2.45, 2.75) is 32.6 Å². The van der Waals surface area contributed by atoms with Crippen molar-refractivity contribution in [1.29, 1.82) is 0 Å². The number of aromatic amines is 1. The molecule has 1 aromatic carbocycles. The molecule has 1 fully saturated rings. The van der Waals surface area contributed by atoms with Crippen molar-refractivity contribution in [3.05, 3.63) is 35.5 Å². The molecule has 0 atom stereocenters. The van der Waals surface area contributed by atoms with E-state index in [1.54, 1.807) is 0 Å². The van der Waals surface area contributed by atoms with Crippen LogP contribution in [0.2, 0.25) is 0 Å². The van der Waals surface area contributed by atoms with Crippen molar-refractivity contribution in [1.82, 2.24) is 15.6 Å². The van der Waals surface area contributed by atoms with Gasteiger partial charge in [-0.3, -0.25) is 4.79 Å². The fraction of sp³-hybridized carbons (Fsp3) is 0.500. The highest BCUT2D eigenvalue weighted by Crippen LogP contribution is 2.27. The second-order valence-corrected chi connectivity index (χ2v) is 6.18. The largest absolute Gasteiger partial charge is 0.361 e. The minimum absolute atomic E-state index is 0. The summed E-state index contributed by atoms with van der Waals surface area (Å²) in [5, 5.41) is 7.49. The van der Waals surface area contributed by atoms with Gasteiger partial charge in [-0.25, -0.2) is 0 Å². The van der Waals surface area contributed by atoms with Gasteiger partial charge < -0.3 is 15.6 Å². The number of hydrogen-bond donors (Lipinski definition) is 3. The van der Waals surface area contributed by atoms with Gasteiger partial charge in [0.15, 0.2) is 0 Å². The molecule has 3 rings (SSSR count). The van der Waals surface area contributed by atoms with Gasteiger partial charge in [-0.15, -0.1) is 12.4 Å². The van der Waals surface area contributed by atoms with Gasteiger partial charge in [-0.2, -0.15) is 0 Å². The topological polar surface area (TPSA) is 56.9 Å². The number of carbonyl (C=O) groups is 1. The molecule has 0 aliphatic heterocycles. The molecule has 0 spiro atoms. The molecule has 3 N–H and O–H groups in total. The van der Waals surface area contributed by atoms with Gasteiger partial charge in [0.25, 0.3) is 0 Å². The third kappa shape index (κ3) is 4.72. The molecule has 5 heteroatoms. The second kappa shape index (κ2) is 8.37. The van der Waals surface area contributed by atoms with Gasteiger partial charge in [-0.05, 0) is 49.3 Å². The number of carbonyl (C=O) groups excluding carboxylic acids is 1. The normalized spacial score (nSPS) is 13.8. The lowest BCUT2D eigenvalue weighted by Crippen LogP contribution is -2.35. The average Bonchev–Trinajstić information content (AvgIpc) is 3.26. The van der Waals surface area contributed by atoms with Crippen LogP contribution in [0.1, 0.15) is 30.9 Å². The molecule has 4 nitrogen and oxygen atoms in total. The number of hydrogen-bond acceptors (Lipinski definition) is 2. The Bertz CT molecular complexity index is 649. The molecule has 1 amide bonds. The summed E-state index contributed by atoms with van der Waals surface area (Å²) in [4.78, 5) is 15.1. The monoisotopic (exact) mass is 335 g/mol. The summed E-state index contributed by atoms with van der Waals surface area (Å²) in [5.41, 5.74) is 3.85. The van der Waals surface area contributed by atoms with Crippen LogP contribution >= 0.6 is 12.4 Å². The van der Waals surface area contributed by atoms with Crippen molar-refractivity contribution >= 4 is 29.2 Å². The minimum atomic E-state index is 0. The quantitative estimate of drug-likeness (QED) is 0.694. The third-order valence-corrected chi connectivity index (χ3v) is 4.40. The van der Waals surface area contributed by atoms with E-state index in [-0.39, 0.29) is 18.3 Å². The number of rotatable bonds is 8. The van der Waals surface area contributed by atoms with Crippen molar-refractivity contribution in [3.63, 3.8) is 0 Å². The zero-order chi connectivity index (χ0) is 15.4. The van der Waals surface area contributed by atoms with E-state index in [4.69, 9.17) is 0 Å². The molecule has 0 unspecified atom stereocenters. The van der Waals surface area contributed by atoms with Crippen LogP contribution in [-0.2, 0) is 17.6 Å². The van der Waals surface area contributed by atoms with E-state index in [0.717, 1.165) is 25.3 Å². The first kappa shape index (κ1) is 17.8. The number of para-hydroxylation sites is 1. The number of halogens is 1. The zero-order valence-electron chi connectivity index (χ0n) is 13.7. The highest BCUT2D eigenvalue weighted by molar-refractivity contribution is 5.86.